The summed E-state index contributed by atoms with van der Waals surface area (Å²) < 4.78 is 5.24. The van der Waals surface area contributed by atoms with E-state index in [9.17, 15) is 9.59 Å². The molecule has 2 fully saturated rings. The third kappa shape index (κ3) is 3.13. The lowest BCUT2D eigenvalue weighted by Crippen LogP contribution is -2.36. The first-order valence-electron chi connectivity index (χ1n) is 9.06. The van der Waals surface area contributed by atoms with E-state index in [1.165, 1.54) is 0 Å². The molecule has 2 saturated heterocycles. The van der Waals surface area contributed by atoms with Crippen LogP contribution in [0.3, 0.4) is 0 Å². The molecular weight excluding hydrogens is 344 g/mol. The van der Waals surface area contributed by atoms with Crippen LogP contribution < -0.4 is 4.74 Å². The van der Waals surface area contributed by atoms with Crippen LogP contribution in [0.25, 0.3) is 0 Å². The summed E-state index contributed by atoms with van der Waals surface area (Å²) >= 11 is 0. The molecule has 0 spiro atoms. The zero-order chi connectivity index (χ0) is 19.0. The molecule has 1 aromatic carbocycles. The lowest BCUT2D eigenvalue weighted by molar-refractivity contribution is -0.130. The minimum atomic E-state index is -0.0969. The summed E-state index contributed by atoms with van der Waals surface area (Å²) in [6, 6.07) is 11.2. The number of carbonyl (C=O) groups excluding carboxylic acids is 2. The predicted octanol–water partition coefficient (Wildman–Crippen LogP) is 1.78. The molecule has 140 valence electrons. The van der Waals surface area contributed by atoms with E-state index >= 15 is 0 Å². The van der Waals surface area contributed by atoms with Crippen LogP contribution in [0.4, 0.5) is 0 Å². The van der Waals surface area contributed by atoms with Gasteiger partial charge in [-0.2, -0.15) is 5.10 Å². The molecule has 3 heterocycles. The van der Waals surface area contributed by atoms with E-state index in [0.29, 0.717) is 25.3 Å². The standard InChI is InChI=1S/C20H22N4O3/c1-13(25)24-11-15-10-23(20(26)18-4-3-9-21-22-18)12-17(15)19(24)14-5-7-16(27-2)8-6-14/h3-9,15,17,19H,10-12H2,1-2H3/t15-,17-,19+/m1/s1. The average molecular weight is 366 g/mol. The monoisotopic (exact) mass is 366 g/mol. The largest absolute Gasteiger partial charge is 0.497 e. The molecule has 27 heavy (non-hydrogen) atoms. The van der Waals surface area contributed by atoms with Gasteiger partial charge in [0.15, 0.2) is 5.69 Å². The first-order valence-corrected chi connectivity index (χ1v) is 9.06. The van der Waals surface area contributed by atoms with Gasteiger partial charge in [0.25, 0.3) is 5.91 Å². The summed E-state index contributed by atoms with van der Waals surface area (Å²) in [5, 5.41) is 7.74. The molecule has 1 aromatic heterocycles. The van der Waals surface area contributed by atoms with Gasteiger partial charge >= 0.3 is 0 Å². The Bertz CT molecular complexity index is 840. The maximum absolute atomic E-state index is 12.7. The van der Waals surface area contributed by atoms with Crippen molar-refractivity contribution in [1.29, 1.82) is 0 Å². The van der Waals surface area contributed by atoms with Gasteiger partial charge in [-0.3, -0.25) is 9.59 Å². The Hall–Kier alpha value is -2.96. The number of fused-ring (bicyclic) bond motifs is 1. The highest BCUT2D eigenvalue weighted by Crippen LogP contribution is 2.45. The fourth-order valence-corrected chi connectivity index (χ4v) is 4.34. The summed E-state index contributed by atoms with van der Waals surface area (Å²) in [5.41, 5.74) is 1.44. The lowest BCUT2D eigenvalue weighted by atomic mass is 9.89. The molecular formula is C20H22N4O3. The van der Waals surface area contributed by atoms with E-state index in [1.807, 2.05) is 34.1 Å². The normalized spacial score (nSPS) is 24.0. The molecule has 0 radical (unpaired) electrons. The highest BCUT2D eigenvalue weighted by atomic mass is 16.5. The van der Waals surface area contributed by atoms with Gasteiger partial charge in [-0.15, -0.1) is 5.10 Å². The van der Waals surface area contributed by atoms with E-state index in [1.54, 1.807) is 32.4 Å². The molecule has 3 atom stereocenters. The van der Waals surface area contributed by atoms with E-state index in [-0.39, 0.29) is 29.7 Å². The van der Waals surface area contributed by atoms with Crippen molar-refractivity contribution in [3.05, 3.63) is 53.9 Å². The van der Waals surface area contributed by atoms with Crippen molar-refractivity contribution in [2.24, 2.45) is 11.8 Å². The van der Waals surface area contributed by atoms with Crippen molar-refractivity contribution in [2.75, 3.05) is 26.7 Å². The fourth-order valence-electron chi connectivity index (χ4n) is 4.34. The van der Waals surface area contributed by atoms with Gasteiger partial charge in [0.05, 0.1) is 13.2 Å². The second kappa shape index (κ2) is 6.98. The van der Waals surface area contributed by atoms with Crippen molar-refractivity contribution < 1.29 is 14.3 Å². The topological polar surface area (TPSA) is 75.6 Å². The number of ether oxygens (including phenoxy) is 1. The first-order chi connectivity index (χ1) is 13.1. The molecule has 4 rings (SSSR count). The quantitative estimate of drug-likeness (QED) is 0.828. The Balaban J connectivity index is 1.58. The van der Waals surface area contributed by atoms with Crippen LogP contribution in [0.5, 0.6) is 5.75 Å². The number of hydrogen-bond acceptors (Lipinski definition) is 5. The van der Waals surface area contributed by atoms with Crippen LogP contribution in [0.2, 0.25) is 0 Å². The number of amides is 2. The second-order valence-electron chi connectivity index (χ2n) is 7.13. The van der Waals surface area contributed by atoms with Crippen molar-refractivity contribution in [3.63, 3.8) is 0 Å². The minimum absolute atomic E-state index is 0.0296. The van der Waals surface area contributed by atoms with Crippen LogP contribution in [0.15, 0.2) is 42.6 Å². The van der Waals surface area contributed by atoms with E-state index < -0.39 is 0 Å². The van der Waals surface area contributed by atoms with Crippen molar-refractivity contribution in [3.8, 4) is 5.75 Å². The van der Waals surface area contributed by atoms with Crippen LogP contribution in [-0.2, 0) is 4.79 Å². The van der Waals surface area contributed by atoms with Crippen LogP contribution >= 0.6 is 0 Å². The molecule has 2 aliphatic heterocycles. The van der Waals surface area contributed by atoms with Crippen molar-refractivity contribution in [2.45, 2.75) is 13.0 Å². The predicted molar refractivity (Wildman–Crippen MR) is 98.0 cm³/mol. The van der Waals surface area contributed by atoms with Crippen molar-refractivity contribution >= 4 is 11.8 Å². The van der Waals surface area contributed by atoms with E-state index in [0.717, 1.165) is 11.3 Å². The van der Waals surface area contributed by atoms with Crippen LogP contribution in [-0.4, -0.2) is 58.6 Å². The summed E-state index contributed by atoms with van der Waals surface area (Å²) in [4.78, 5) is 28.7. The van der Waals surface area contributed by atoms with E-state index in [4.69, 9.17) is 4.74 Å². The smallest absolute Gasteiger partial charge is 0.274 e. The number of hydrogen-bond donors (Lipinski definition) is 0. The number of rotatable bonds is 3. The minimum Gasteiger partial charge on any atom is -0.497 e. The Labute approximate surface area is 157 Å². The SMILES string of the molecule is COc1ccc([C@H]2[C@@H]3CN(C(=O)c4cccnn4)C[C@@H]3CN2C(C)=O)cc1. The average Bonchev–Trinajstić information content (AvgIpc) is 3.26. The van der Waals surface area contributed by atoms with Gasteiger partial charge in [0, 0.05) is 44.6 Å². The summed E-state index contributed by atoms with van der Waals surface area (Å²) in [6.07, 6.45) is 1.56. The number of likely N-dealkylation sites (tertiary alicyclic amines) is 2. The third-order valence-electron chi connectivity index (χ3n) is 5.60. The Morgan fingerprint density at radius 3 is 2.52 bits per heavy atom. The molecule has 7 nitrogen and oxygen atoms in total. The Kier molecular flexibility index (Phi) is 4.51. The lowest BCUT2D eigenvalue weighted by Gasteiger charge is -2.29. The highest BCUT2D eigenvalue weighted by molar-refractivity contribution is 5.92. The number of methoxy groups -OCH3 is 1. The van der Waals surface area contributed by atoms with Crippen LogP contribution in [0, 0.1) is 11.8 Å². The molecule has 2 amide bonds. The van der Waals surface area contributed by atoms with Gasteiger partial charge in [-0.1, -0.05) is 12.1 Å². The molecule has 0 unspecified atom stereocenters. The molecule has 0 N–H and O–H groups in total. The molecule has 2 aliphatic rings. The zero-order valence-electron chi connectivity index (χ0n) is 15.4. The number of benzene rings is 1. The van der Waals surface area contributed by atoms with Gasteiger partial charge in [0.1, 0.15) is 5.75 Å². The summed E-state index contributed by atoms with van der Waals surface area (Å²) in [5.74, 6) is 1.23. The first kappa shape index (κ1) is 17.5. The number of aromatic nitrogens is 2. The van der Waals surface area contributed by atoms with Crippen molar-refractivity contribution in [1.82, 2.24) is 20.0 Å². The van der Waals surface area contributed by atoms with E-state index in [2.05, 4.69) is 10.2 Å². The number of nitrogens with zero attached hydrogens (tertiary/aromatic N) is 4. The van der Waals surface area contributed by atoms with Crippen LogP contribution in [0.1, 0.15) is 29.0 Å². The Morgan fingerprint density at radius 2 is 1.89 bits per heavy atom. The maximum Gasteiger partial charge on any atom is 0.274 e. The Morgan fingerprint density at radius 1 is 1.11 bits per heavy atom. The molecule has 2 aromatic rings. The molecule has 0 bridgehead atoms. The van der Waals surface area contributed by atoms with Gasteiger partial charge in [-0.25, -0.2) is 0 Å². The summed E-state index contributed by atoms with van der Waals surface area (Å²) in [6.45, 7) is 3.53. The highest BCUT2D eigenvalue weighted by Gasteiger charge is 2.49. The number of carbonyl (C=O) groups is 2. The van der Waals surface area contributed by atoms with Gasteiger partial charge in [-0.05, 0) is 29.8 Å². The summed E-state index contributed by atoms with van der Waals surface area (Å²) in [7, 11) is 1.63. The third-order valence-corrected chi connectivity index (χ3v) is 5.60. The molecule has 0 aliphatic carbocycles. The molecule has 0 saturated carbocycles. The zero-order valence-corrected chi connectivity index (χ0v) is 15.4. The molecule has 7 heteroatoms. The second-order valence-corrected chi connectivity index (χ2v) is 7.13. The maximum atomic E-state index is 12.7. The van der Waals surface area contributed by atoms with Gasteiger partial charge in [0.2, 0.25) is 5.91 Å². The van der Waals surface area contributed by atoms with Gasteiger partial charge < -0.3 is 14.5 Å². The fraction of sp³-hybridized carbons (Fsp3) is 0.400.